The van der Waals surface area contributed by atoms with Gasteiger partial charge in [-0.2, -0.15) is 0 Å². The number of amides is 2. The van der Waals surface area contributed by atoms with E-state index < -0.39 is 10.0 Å². The molecule has 0 aromatic carbocycles. The first-order chi connectivity index (χ1) is 9.96. The molecule has 0 aliphatic carbocycles. The Morgan fingerprint density at radius 2 is 2.10 bits per heavy atom. The van der Waals surface area contributed by atoms with Crippen molar-refractivity contribution in [3.8, 4) is 0 Å². The molecule has 0 spiro atoms. The van der Waals surface area contributed by atoms with Crippen LogP contribution in [0, 0.1) is 5.92 Å². The number of carbonyl (C=O) groups excluding carboxylic acids is 1. The van der Waals surface area contributed by atoms with E-state index in [9.17, 15) is 13.2 Å². The van der Waals surface area contributed by atoms with E-state index in [0.29, 0.717) is 32.2 Å². The number of nitrogens with zero attached hydrogens (tertiary/aromatic N) is 1. The summed E-state index contributed by atoms with van der Waals surface area (Å²) < 4.78 is 30.2. The molecule has 21 heavy (non-hydrogen) atoms. The zero-order valence-electron chi connectivity index (χ0n) is 12.5. The van der Waals surface area contributed by atoms with Crippen LogP contribution in [-0.2, 0) is 14.8 Å². The summed E-state index contributed by atoms with van der Waals surface area (Å²) in [6.45, 7) is 3.08. The minimum Gasteiger partial charge on any atom is -0.381 e. The van der Waals surface area contributed by atoms with Crippen LogP contribution in [0.1, 0.15) is 25.7 Å². The number of rotatable bonds is 5. The number of hydrogen-bond donors (Lipinski definition) is 2. The van der Waals surface area contributed by atoms with Gasteiger partial charge in [0.25, 0.3) is 0 Å². The van der Waals surface area contributed by atoms with Gasteiger partial charge >= 0.3 is 6.03 Å². The van der Waals surface area contributed by atoms with Gasteiger partial charge in [0.2, 0.25) is 10.0 Å². The van der Waals surface area contributed by atoms with E-state index >= 15 is 0 Å². The molecule has 7 nitrogen and oxygen atoms in total. The molecule has 8 heteroatoms. The Labute approximate surface area is 126 Å². The van der Waals surface area contributed by atoms with Crippen LogP contribution in [-0.4, -0.2) is 64.5 Å². The van der Waals surface area contributed by atoms with Crippen molar-refractivity contribution in [2.24, 2.45) is 5.92 Å². The molecule has 0 aromatic heterocycles. The quantitative estimate of drug-likeness (QED) is 0.754. The van der Waals surface area contributed by atoms with Crippen LogP contribution in [0.2, 0.25) is 0 Å². The number of sulfonamides is 1. The predicted molar refractivity (Wildman–Crippen MR) is 79.5 cm³/mol. The van der Waals surface area contributed by atoms with Gasteiger partial charge in [-0.15, -0.1) is 0 Å². The largest absolute Gasteiger partial charge is 0.381 e. The Morgan fingerprint density at radius 1 is 1.29 bits per heavy atom. The minimum atomic E-state index is -3.22. The summed E-state index contributed by atoms with van der Waals surface area (Å²) in [5, 5.41) is 2.95. The van der Waals surface area contributed by atoms with E-state index in [1.807, 2.05) is 0 Å². The SMILES string of the molecule is CS(=O)(=O)NC[C@H]1CCCCN1C(=O)NC[C@H]1CCOC1. The maximum absolute atomic E-state index is 12.3. The lowest BCUT2D eigenvalue weighted by Crippen LogP contribution is -2.53. The molecule has 2 aliphatic heterocycles. The van der Waals surface area contributed by atoms with Gasteiger partial charge in [0.1, 0.15) is 0 Å². The van der Waals surface area contributed by atoms with Gasteiger partial charge in [0, 0.05) is 38.2 Å². The number of likely N-dealkylation sites (tertiary alicyclic amines) is 1. The molecule has 2 rings (SSSR count). The Kier molecular flexibility index (Phi) is 5.83. The summed E-state index contributed by atoms with van der Waals surface area (Å²) in [4.78, 5) is 14.0. The van der Waals surface area contributed by atoms with Crippen molar-refractivity contribution in [3.05, 3.63) is 0 Å². The average molecular weight is 319 g/mol. The van der Waals surface area contributed by atoms with Crippen LogP contribution >= 0.6 is 0 Å². The normalized spacial score (nSPS) is 26.8. The molecule has 0 aromatic rings. The molecule has 0 saturated carbocycles. The fraction of sp³-hybridized carbons (Fsp3) is 0.923. The molecule has 122 valence electrons. The van der Waals surface area contributed by atoms with E-state index in [1.165, 1.54) is 0 Å². The van der Waals surface area contributed by atoms with E-state index in [0.717, 1.165) is 38.5 Å². The molecule has 0 radical (unpaired) electrons. The second kappa shape index (κ2) is 7.42. The first-order valence-corrected chi connectivity index (χ1v) is 9.41. The zero-order valence-corrected chi connectivity index (χ0v) is 13.3. The predicted octanol–water partition coefficient (Wildman–Crippen LogP) is 0.136. The lowest BCUT2D eigenvalue weighted by Gasteiger charge is -2.35. The molecule has 0 bridgehead atoms. The zero-order chi connectivity index (χ0) is 15.3. The number of hydrogen-bond acceptors (Lipinski definition) is 4. The highest BCUT2D eigenvalue weighted by Crippen LogP contribution is 2.17. The Hall–Kier alpha value is -0.860. The monoisotopic (exact) mass is 319 g/mol. The third-order valence-corrected chi connectivity index (χ3v) is 4.73. The van der Waals surface area contributed by atoms with Crippen molar-refractivity contribution in [1.82, 2.24) is 14.9 Å². The maximum atomic E-state index is 12.3. The van der Waals surface area contributed by atoms with Crippen molar-refractivity contribution >= 4 is 16.1 Å². The number of urea groups is 1. The summed E-state index contributed by atoms with van der Waals surface area (Å²) in [5.41, 5.74) is 0. The van der Waals surface area contributed by atoms with Crippen molar-refractivity contribution < 1.29 is 17.9 Å². The van der Waals surface area contributed by atoms with Gasteiger partial charge in [-0.1, -0.05) is 0 Å². The summed E-state index contributed by atoms with van der Waals surface area (Å²) in [7, 11) is -3.22. The van der Waals surface area contributed by atoms with E-state index in [1.54, 1.807) is 4.90 Å². The molecule has 2 aliphatic rings. The molecule has 2 atom stereocenters. The molecule has 2 N–H and O–H groups in total. The molecule has 0 unspecified atom stereocenters. The van der Waals surface area contributed by atoms with Crippen LogP contribution < -0.4 is 10.0 Å². The lowest BCUT2D eigenvalue weighted by atomic mass is 10.0. The highest BCUT2D eigenvalue weighted by atomic mass is 32.2. The standard InChI is InChI=1S/C13H25N3O4S/c1-21(18,19)15-9-12-4-2-3-6-16(12)13(17)14-8-11-5-7-20-10-11/h11-12,15H,2-10H2,1H3,(H,14,17)/t11-,12-/m1/s1. The fourth-order valence-corrected chi connectivity index (χ4v) is 3.30. The number of carbonyl (C=O) groups is 1. The third kappa shape index (κ3) is 5.44. The second-order valence-corrected chi connectivity index (χ2v) is 7.71. The average Bonchev–Trinajstić information content (AvgIpc) is 2.95. The molecular weight excluding hydrogens is 294 g/mol. The fourth-order valence-electron chi connectivity index (χ4n) is 2.81. The van der Waals surface area contributed by atoms with Gasteiger partial charge in [-0.3, -0.25) is 0 Å². The van der Waals surface area contributed by atoms with Crippen molar-refractivity contribution in [1.29, 1.82) is 0 Å². The van der Waals surface area contributed by atoms with Crippen LogP contribution in [0.3, 0.4) is 0 Å². The van der Waals surface area contributed by atoms with E-state index in [-0.39, 0.29) is 12.1 Å². The van der Waals surface area contributed by atoms with Crippen LogP contribution in [0.5, 0.6) is 0 Å². The summed E-state index contributed by atoms with van der Waals surface area (Å²) >= 11 is 0. The van der Waals surface area contributed by atoms with E-state index in [2.05, 4.69) is 10.0 Å². The van der Waals surface area contributed by atoms with Crippen molar-refractivity contribution in [2.75, 3.05) is 39.1 Å². The Balaban J connectivity index is 1.83. The summed E-state index contributed by atoms with van der Waals surface area (Å²) in [6, 6.07) is -0.157. The second-order valence-electron chi connectivity index (χ2n) is 5.88. The lowest BCUT2D eigenvalue weighted by molar-refractivity contribution is 0.149. The first-order valence-electron chi connectivity index (χ1n) is 7.52. The number of nitrogens with one attached hydrogen (secondary N) is 2. The smallest absolute Gasteiger partial charge is 0.317 e. The van der Waals surface area contributed by atoms with Crippen LogP contribution in [0.4, 0.5) is 4.79 Å². The van der Waals surface area contributed by atoms with Crippen molar-refractivity contribution in [2.45, 2.75) is 31.7 Å². The van der Waals surface area contributed by atoms with Gasteiger partial charge < -0.3 is 15.0 Å². The van der Waals surface area contributed by atoms with E-state index in [4.69, 9.17) is 4.74 Å². The van der Waals surface area contributed by atoms with Gasteiger partial charge in [0.05, 0.1) is 12.9 Å². The third-order valence-electron chi connectivity index (χ3n) is 4.04. The highest BCUT2D eigenvalue weighted by Gasteiger charge is 2.27. The Bertz CT molecular complexity index is 448. The summed E-state index contributed by atoms with van der Waals surface area (Å²) in [5.74, 6) is 0.395. The highest BCUT2D eigenvalue weighted by molar-refractivity contribution is 7.88. The number of ether oxygens (including phenoxy) is 1. The van der Waals surface area contributed by atoms with Crippen LogP contribution in [0.15, 0.2) is 0 Å². The first kappa shape index (κ1) is 16.5. The Morgan fingerprint density at radius 3 is 2.76 bits per heavy atom. The van der Waals surface area contributed by atoms with Gasteiger partial charge in [-0.05, 0) is 25.7 Å². The topological polar surface area (TPSA) is 87.7 Å². The van der Waals surface area contributed by atoms with Gasteiger partial charge in [-0.25, -0.2) is 17.9 Å². The molecule has 2 amide bonds. The van der Waals surface area contributed by atoms with Crippen molar-refractivity contribution in [3.63, 3.8) is 0 Å². The molecule has 2 heterocycles. The molecule has 2 saturated heterocycles. The van der Waals surface area contributed by atoms with Gasteiger partial charge in [0.15, 0.2) is 0 Å². The van der Waals surface area contributed by atoms with Crippen LogP contribution in [0.25, 0.3) is 0 Å². The maximum Gasteiger partial charge on any atom is 0.317 e. The molecular formula is C13H25N3O4S. The number of piperidine rings is 1. The minimum absolute atomic E-state index is 0.0618. The summed E-state index contributed by atoms with van der Waals surface area (Å²) in [6.07, 6.45) is 4.95. The molecule has 2 fully saturated rings.